The molecule has 1 aliphatic heterocycles. The Labute approximate surface area is 172 Å². The third-order valence-electron chi connectivity index (χ3n) is 4.69. The van der Waals surface area contributed by atoms with Crippen LogP contribution in [0.15, 0.2) is 48.5 Å². The van der Waals surface area contributed by atoms with Crippen molar-refractivity contribution in [1.29, 1.82) is 0 Å². The molecule has 0 aromatic heterocycles. The van der Waals surface area contributed by atoms with Crippen LogP contribution in [0.5, 0.6) is 5.75 Å². The molecule has 1 saturated heterocycles. The molecule has 160 valence electrons. The highest BCUT2D eigenvalue weighted by Crippen LogP contribution is 2.23. The number of aryl methyl sites for hydroxylation is 1. The van der Waals surface area contributed by atoms with E-state index >= 15 is 0 Å². The monoisotopic (exact) mass is 421 g/mol. The maximum Gasteiger partial charge on any atom is 0.471 e. The van der Waals surface area contributed by atoms with Crippen LogP contribution in [0.4, 0.5) is 24.5 Å². The maximum atomic E-state index is 12.5. The number of halogens is 3. The van der Waals surface area contributed by atoms with Crippen molar-refractivity contribution in [3.05, 3.63) is 54.1 Å². The van der Waals surface area contributed by atoms with Crippen molar-refractivity contribution in [2.75, 3.05) is 43.0 Å². The van der Waals surface area contributed by atoms with Gasteiger partial charge in [0.15, 0.2) is 6.61 Å². The molecular weight excluding hydrogens is 399 g/mol. The van der Waals surface area contributed by atoms with Crippen molar-refractivity contribution >= 4 is 23.2 Å². The van der Waals surface area contributed by atoms with Crippen molar-refractivity contribution < 1.29 is 27.5 Å². The fourth-order valence-corrected chi connectivity index (χ4v) is 3.15. The van der Waals surface area contributed by atoms with E-state index in [0.29, 0.717) is 24.5 Å². The van der Waals surface area contributed by atoms with Crippen LogP contribution in [-0.2, 0) is 9.59 Å². The van der Waals surface area contributed by atoms with Gasteiger partial charge in [0, 0.05) is 37.6 Å². The molecule has 30 heavy (non-hydrogen) atoms. The fourth-order valence-electron chi connectivity index (χ4n) is 3.15. The Morgan fingerprint density at radius 1 is 1.03 bits per heavy atom. The van der Waals surface area contributed by atoms with E-state index < -0.39 is 12.1 Å². The van der Waals surface area contributed by atoms with E-state index in [0.717, 1.165) is 16.2 Å². The number of carbonyl (C=O) groups excluding carboxylic acids is 2. The van der Waals surface area contributed by atoms with E-state index in [-0.39, 0.29) is 25.6 Å². The van der Waals surface area contributed by atoms with Gasteiger partial charge in [0.2, 0.25) is 0 Å². The lowest BCUT2D eigenvalue weighted by atomic mass is 10.2. The van der Waals surface area contributed by atoms with Gasteiger partial charge in [0.25, 0.3) is 5.91 Å². The first-order valence-corrected chi connectivity index (χ1v) is 9.43. The van der Waals surface area contributed by atoms with E-state index in [4.69, 9.17) is 4.74 Å². The molecule has 0 unspecified atom stereocenters. The zero-order chi connectivity index (χ0) is 21.7. The normalized spacial score (nSPS) is 14.4. The molecule has 1 N–H and O–H groups in total. The van der Waals surface area contributed by atoms with E-state index in [1.54, 1.807) is 30.3 Å². The minimum absolute atomic E-state index is 0.00707. The summed E-state index contributed by atoms with van der Waals surface area (Å²) in [6, 6.07) is 14.4. The van der Waals surface area contributed by atoms with Gasteiger partial charge in [-0.3, -0.25) is 9.59 Å². The molecule has 1 heterocycles. The predicted octanol–water partition coefficient (Wildman–Crippen LogP) is 3.22. The van der Waals surface area contributed by atoms with Gasteiger partial charge < -0.3 is 19.9 Å². The second kappa shape index (κ2) is 9.06. The second-order valence-corrected chi connectivity index (χ2v) is 6.98. The van der Waals surface area contributed by atoms with Gasteiger partial charge in [-0.05, 0) is 48.9 Å². The Kier molecular flexibility index (Phi) is 6.49. The van der Waals surface area contributed by atoms with Crippen molar-refractivity contribution in [3.63, 3.8) is 0 Å². The summed E-state index contributed by atoms with van der Waals surface area (Å²) in [5, 5.41) is 2.74. The summed E-state index contributed by atoms with van der Waals surface area (Å²) < 4.78 is 43.0. The fraction of sp³-hybridized carbons (Fsp3) is 0.333. The summed E-state index contributed by atoms with van der Waals surface area (Å²) in [5.41, 5.74) is 2.43. The Morgan fingerprint density at radius 3 is 2.30 bits per heavy atom. The van der Waals surface area contributed by atoms with Gasteiger partial charge in [0.05, 0.1) is 0 Å². The minimum atomic E-state index is -4.84. The van der Waals surface area contributed by atoms with E-state index in [2.05, 4.69) is 5.32 Å². The number of amides is 2. The Bertz CT molecular complexity index is 892. The second-order valence-electron chi connectivity index (χ2n) is 6.98. The number of carbonyl (C=O) groups is 2. The van der Waals surface area contributed by atoms with Crippen molar-refractivity contribution in [2.45, 2.75) is 13.1 Å². The lowest BCUT2D eigenvalue weighted by molar-refractivity contribution is -0.185. The van der Waals surface area contributed by atoms with E-state index in [1.165, 1.54) is 0 Å². The number of hydrogen-bond donors (Lipinski definition) is 1. The Hall–Kier alpha value is -3.23. The number of alkyl halides is 3. The highest BCUT2D eigenvalue weighted by molar-refractivity contribution is 5.92. The van der Waals surface area contributed by atoms with E-state index in [1.807, 2.05) is 30.0 Å². The predicted molar refractivity (Wildman–Crippen MR) is 107 cm³/mol. The number of piperazine rings is 1. The van der Waals surface area contributed by atoms with Crippen LogP contribution < -0.4 is 15.0 Å². The molecule has 0 aliphatic carbocycles. The number of nitrogens with zero attached hydrogens (tertiary/aromatic N) is 2. The largest absolute Gasteiger partial charge is 0.484 e. The molecule has 0 atom stereocenters. The van der Waals surface area contributed by atoms with Crippen molar-refractivity contribution in [2.24, 2.45) is 0 Å². The van der Waals surface area contributed by atoms with Gasteiger partial charge in [-0.2, -0.15) is 13.2 Å². The summed E-state index contributed by atoms with van der Waals surface area (Å²) in [4.78, 5) is 26.1. The SMILES string of the molecule is Cc1cccc(OCC(=O)Nc2ccc(N3CCN(C(=O)C(F)(F)F)CC3)cc2)c1. The number of ether oxygens (including phenoxy) is 1. The first kappa shape index (κ1) is 21.5. The zero-order valence-electron chi connectivity index (χ0n) is 16.4. The van der Waals surface area contributed by atoms with Crippen molar-refractivity contribution in [3.8, 4) is 5.75 Å². The molecule has 0 bridgehead atoms. The number of anilines is 2. The lowest BCUT2D eigenvalue weighted by Gasteiger charge is -2.36. The number of benzene rings is 2. The highest BCUT2D eigenvalue weighted by Gasteiger charge is 2.43. The van der Waals surface area contributed by atoms with Crippen LogP contribution in [0.2, 0.25) is 0 Å². The molecule has 2 aromatic rings. The maximum absolute atomic E-state index is 12.5. The van der Waals surface area contributed by atoms with Gasteiger partial charge in [-0.25, -0.2) is 0 Å². The molecule has 0 spiro atoms. The van der Waals surface area contributed by atoms with Crippen LogP contribution in [0.3, 0.4) is 0 Å². The summed E-state index contributed by atoms with van der Waals surface area (Å²) in [5.74, 6) is -1.49. The topological polar surface area (TPSA) is 61.9 Å². The molecule has 0 radical (unpaired) electrons. The van der Waals surface area contributed by atoms with Gasteiger partial charge in [0.1, 0.15) is 5.75 Å². The molecule has 2 aromatic carbocycles. The standard InChI is InChI=1S/C21H22F3N3O3/c1-15-3-2-4-18(13-15)30-14-19(28)25-16-5-7-17(8-6-16)26-9-11-27(12-10-26)20(29)21(22,23)24/h2-8,13H,9-12,14H2,1H3,(H,25,28). The Balaban J connectivity index is 1.48. The third-order valence-corrected chi connectivity index (χ3v) is 4.69. The van der Waals surface area contributed by atoms with Gasteiger partial charge in [-0.15, -0.1) is 0 Å². The van der Waals surface area contributed by atoms with Crippen LogP contribution in [-0.4, -0.2) is 55.7 Å². The number of rotatable bonds is 5. The molecule has 9 heteroatoms. The van der Waals surface area contributed by atoms with Crippen LogP contribution >= 0.6 is 0 Å². The quantitative estimate of drug-likeness (QED) is 0.806. The van der Waals surface area contributed by atoms with Crippen LogP contribution in [0.1, 0.15) is 5.56 Å². The van der Waals surface area contributed by atoms with Gasteiger partial charge in [-0.1, -0.05) is 12.1 Å². The number of nitrogens with one attached hydrogen (secondary N) is 1. The van der Waals surface area contributed by atoms with E-state index in [9.17, 15) is 22.8 Å². The average Bonchev–Trinajstić information content (AvgIpc) is 2.72. The molecule has 1 aliphatic rings. The average molecular weight is 421 g/mol. The Morgan fingerprint density at radius 2 is 1.70 bits per heavy atom. The zero-order valence-corrected chi connectivity index (χ0v) is 16.4. The van der Waals surface area contributed by atoms with Gasteiger partial charge >= 0.3 is 12.1 Å². The molecule has 3 rings (SSSR count). The summed E-state index contributed by atoms with van der Waals surface area (Å²) in [7, 11) is 0. The highest BCUT2D eigenvalue weighted by atomic mass is 19.4. The molecule has 0 saturated carbocycles. The molecule has 6 nitrogen and oxygen atoms in total. The third kappa shape index (κ3) is 5.65. The summed E-state index contributed by atoms with van der Waals surface area (Å²) in [6.45, 7) is 2.43. The smallest absolute Gasteiger partial charge is 0.471 e. The molecule has 2 amide bonds. The minimum Gasteiger partial charge on any atom is -0.484 e. The summed E-state index contributed by atoms with van der Waals surface area (Å²) in [6.07, 6.45) is -4.84. The first-order valence-electron chi connectivity index (χ1n) is 9.43. The number of hydrogen-bond acceptors (Lipinski definition) is 4. The van der Waals surface area contributed by atoms with Crippen LogP contribution in [0.25, 0.3) is 0 Å². The molecule has 1 fully saturated rings. The van der Waals surface area contributed by atoms with Crippen molar-refractivity contribution in [1.82, 2.24) is 4.90 Å². The molecular formula is C21H22F3N3O3. The van der Waals surface area contributed by atoms with Crippen LogP contribution in [0, 0.1) is 6.92 Å². The first-order chi connectivity index (χ1) is 14.2. The summed E-state index contributed by atoms with van der Waals surface area (Å²) >= 11 is 0. The lowest BCUT2D eigenvalue weighted by Crippen LogP contribution is -2.52.